The minimum absolute atomic E-state index is 0.187. The molecule has 3 aliphatic carbocycles. The second-order valence-corrected chi connectivity index (χ2v) is 17.2. The van der Waals surface area contributed by atoms with Crippen LogP contribution in [0.4, 0.5) is 17.1 Å². The molecule has 0 bridgehead atoms. The van der Waals surface area contributed by atoms with E-state index in [2.05, 4.69) is 219 Å². The molecule has 0 N–H and O–H groups in total. The first-order valence-corrected chi connectivity index (χ1v) is 21.5. The van der Waals surface area contributed by atoms with Crippen molar-refractivity contribution in [3.63, 3.8) is 0 Å². The third-order valence-electron chi connectivity index (χ3n) is 13.6. The van der Waals surface area contributed by atoms with Crippen LogP contribution in [0.1, 0.15) is 47.2 Å². The van der Waals surface area contributed by atoms with Crippen molar-refractivity contribution in [2.75, 3.05) is 11.5 Å². The van der Waals surface area contributed by atoms with E-state index in [-0.39, 0.29) is 5.41 Å². The van der Waals surface area contributed by atoms with Gasteiger partial charge >= 0.3 is 0 Å². The molecule has 3 heteroatoms. The molecule has 1 heterocycles. The van der Waals surface area contributed by atoms with Crippen LogP contribution in [0.2, 0.25) is 0 Å². The number of para-hydroxylation sites is 2. The quantitative estimate of drug-likeness (QED) is 0.177. The largest absolute Gasteiger partial charge is 0.485 e. The van der Waals surface area contributed by atoms with E-state index in [0.717, 1.165) is 33.8 Å². The lowest BCUT2D eigenvalue weighted by Gasteiger charge is -2.32. The molecule has 1 aliphatic heterocycles. The summed E-state index contributed by atoms with van der Waals surface area (Å²) in [6.07, 6.45) is 4.28. The van der Waals surface area contributed by atoms with E-state index in [9.17, 15) is 0 Å². The third-order valence-corrected chi connectivity index (χ3v) is 13.6. The number of fused-ring (bicyclic) bond motifs is 13. The smallest absolute Gasteiger partial charge is 0.193 e. The lowest BCUT2D eigenvalue weighted by molar-refractivity contribution is 0.339. The fourth-order valence-electron chi connectivity index (χ4n) is 10.9. The first-order chi connectivity index (χ1) is 30.4. The zero-order valence-electron chi connectivity index (χ0n) is 34.7. The molecule has 8 aromatic rings. The maximum Gasteiger partial charge on any atom is 0.193 e. The minimum Gasteiger partial charge on any atom is -0.485 e. The summed E-state index contributed by atoms with van der Waals surface area (Å²) in [5, 5.41) is 0. The third kappa shape index (κ3) is 5.12. The van der Waals surface area contributed by atoms with Crippen LogP contribution in [0.25, 0.3) is 39.0 Å². The molecular weight excluding hydrogens is 755 g/mol. The second kappa shape index (κ2) is 13.7. The van der Waals surface area contributed by atoms with Gasteiger partial charge in [0, 0.05) is 22.2 Å². The Morgan fingerprint density at radius 2 is 1.03 bits per heavy atom. The SMILES string of the molecule is C=C1/C=C\C2=C(COc3cccc(N(c4ccc5c(c4)C(C)(C)c4ccccc4-5)c4ccccc4-c4ccccc4)c3O1)c1ccccc1C21c2ccccc2-c2ccccc21. The fraction of sp³-hybridized carbons (Fsp3) is 0.0847. The van der Waals surface area contributed by atoms with E-state index in [1.807, 2.05) is 6.07 Å². The highest BCUT2D eigenvalue weighted by molar-refractivity contribution is 5.97. The monoisotopic (exact) mass is 797 g/mol. The van der Waals surface area contributed by atoms with Gasteiger partial charge in [-0.25, -0.2) is 0 Å². The van der Waals surface area contributed by atoms with Gasteiger partial charge in [-0.15, -0.1) is 0 Å². The van der Waals surface area contributed by atoms with E-state index in [1.165, 1.54) is 61.2 Å². The summed E-state index contributed by atoms with van der Waals surface area (Å²) in [5.41, 5.74) is 19.5. The summed E-state index contributed by atoms with van der Waals surface area (Å²) in [7, 11) is 0. The van der Waals surface area contributed by atoms with Crippen molar-refractivity contribution in [3.05, 3.63) is 252 Å². The highest BCUT2D eigenvalue weighted by atomic mass is 16.5. The summed E-state index contributed by atoms with van der Waals surface area (Å²) in [6, 6.07) is 67.8. The van der Waals surface area contributed by atoms with Gasteiger partial charge in [-0.05, 0) is 103 Å². The predicted octanol–water partition coefficient (Wildman–Crippen LogP) is 14.8. The van der Waals surface area contributed by atoms with Gasteiger partial charge in [0.1, 0.15) is 12.4 Å². The Bertz CT molecular complexity index is 3180. The molecule has 4 aliphatic rings. The maximum absolute atomic E-state index is 7.10. The number of ether oxygens (including phenoxy) is 2. The van der Waals surface area contributed by atoms with Crippen molar-refractivity contribution in [1.82, 2.24) is 0 Å². The molecule has 0 saturated carbocycles. The standard InChI is InChI=1S/C59H43NO2/c1-38-32-35-52-47(45-24-10-15-28-51(45)59(52)49-26-13-8-22-43(49)44-23-9-14-27-50(44)59)37-61-56-31-17-30-55(57(56)62-38)60(54-29-16-11-20-41(54)39-18-5-4-6-19-39)40-33-34-46-42-21-7-12-25-48(42)58(2,3)53(46)36-40/h4-36H,1,37H2,2-3H3/b35-32-. The number of rotatable bonds is 4. The van der Waals surface area contributed by atoms with Crippen molar-refractivity contribution in [1.29, 1.82) is 0 Å². The van der Waals surface area contributed by atoms with Gasteiger partial charge in [0.05, 0.1) is 16.8 Å². The Kier molecular flexibility index (Phi) is 8.01. The Morgan fingerprint density at radius 1 is 0.484 bits per heavy atom. The summed E-state index contributed by atoms with van der Waals surface area (Å²) in [5.74, 6) is 1.77. The average molecular weight is 798 g/mol. The highest BCUT2D eigenvalue weighted by Gasteiger charge is 2.52. The molecule has 296 valence electrons. The molecule has 0 amide bonds. The van der Waals surface area contributed by atoms with Crippen molar-refractivity contribution >= 4 is 22.6 Å². The maximum atomic E-state index is 7.10. The van der Waals surface area contributed by atoms with E-state index in [1.54, 1.807) is 0 Å². The number of nitrogens with zero attached hydrogens (tertiary/aromatic N) is 1. The van der Waals surface area contributed by atoms with E-state index in [0.29, 0.717) is 23.9 Å². The molecular formula is C59H43NO2. The van der Waals surface area contributed by atoms with Gasteiger partial charge < -0.3 is 14.4 Å². The Morgan fingerprint density at radius 3 is 1.74 bits per heavy atom. The average Bonchev–Trinajstić information content (AvgIpc) is 3.86. The number of allylic oxidation sites excluding steroid dienone is 3. The molecule has 3 nitrogen and oxygen atoms in total. The van der Waals surface area contributed by atoms with Crippen molar-refractivity contribution in [3.8, 4) is 44.9 Å². The van der Waals surface area contributed by atoms with Crippen molar-refractivity contribution in [2.45, 2.75) is 24.7 Å². The van der Waals surface area contributed by atoms with Gasteiger partial charge in [-0.3, -0.25) is 0 Å². The van der Waals surface area contributed by atoms with Crippen LogP contribution in [-0.4, -0.2) is 6.61 Å². The zero-order valence-corrected chi connectivity index (χ0v) is 34.7. The molecule has 0 saturated heterocycles. The number of anilines is 3. The lowest BCUT2D eigenvalue weighted by Crippen LogP contribution is -2.27. The molecule has 0 unspecified atom stereocenters. The normalized spacial score (nSPS) is 16.1. The second-order valence-electron chi connectivity index (χ2n) is 17.2. The van der Waals surface area contributed by atoms with Crippen molar-refractivity contribution in [2.24, 2.45) is 0 Å². The molecule has 0 radical (unpaired) electrons. The zero-order chi connectivity index (χ0) is 41.6. The lowest BCUT2D eigenvalue weighted by atomic mass is 9.69. The highest BCUT2D eigenvalue weighted by Crippen LogP contribution is 2.62. The van der Waals surface area contributed by atoms with Crippen molar-refractivity contribution < 1.29 is 9.47 Å². The number of benzene rings is 8. The van der Waals surface area contributed by atoms with Gasteiger partial charge in [0.15, 0.2) is 11.5 Å². The van der Waals surface area contributed by atoms with Gasteiger partial charge in [-0.2, -0.15) is 0 Å². The fourth-order valence-corrected chi connectivity index (χ4v) is 10.9. The van der Waals surface area contributed by atoms with Gasteiger partial charge in [-0.1, -0.05) is 184 Å². The van der Waals surface area contributed by atoms with Crippen LogP contribution in [0.5, 0.6) is 11.5 Å². The number of hydrogen-bond acceptors (Lipinski definition) is 3. The molecule has 0 aromatic heterocycles. The number of hydrogen-bond donors (Lipinski definition) is 0. The molecule has 0 atom stereocenters. The minimum atomic E-state index is -0.512. The van der Waals surface area contributed by atoms with Crippen LogP contribution >= 0.6 is 0 Å². The van der Waals surface area contributed by atoms with Crippen LogP contribution in [0.3, 0.4) is 0 Å². The summed E-state index contributed by atoms with van der Waals surface area (Å²) < 4.78 is 14.1. The molecule has 62 heavy (non-hydrogen) atoms. The Balaban J connectivity index is 1.05. The van der Waals surface area contributed by atoms with Gasteiger partial charge in [0.25, 0.3) is 0 Å². The van der Waals surface area contributed by atoms with Crippen LogP contribution in [0.15, 0.2) is 218 Å². The van der Waals surface area contributed by atoms with Crippen LogP contribution < -0.4 is 14.4 Å². The summed E-state index contributed by atoms with van der Waals surface area (Å²) >= 11 is 0. The Labute approximate surface area is 363 Å². The van der Waals surface area contributed by atoms with E-state index >= 15 is 0 Å². The molecule has 0 fully saturated rings. The predicted molar refractivity (Wildman–Crippen MR) is 254 cm³/mol. The van der Waals surface area contributed by atoms with E-state index in [4.69, 9.17) is 9.47 Å². The molecule has 8 aromatic carbocycles. The van der Waals surface area contributed by atoms with Gasteiger partial charge in [0.2, 0.25) is 0 Å². The summed E-state index contributed by atoms with van der Waals surface area (Å²) in [4.78, 5) is 2.34. The van der Waals surface area contributed by atoms with Crippen LogP contribution in [-0.2, 0) is 10.8 Å². The van der Waals surface area contributed by atoms with Crippen LogP contribution in [0, 0.1) is 0 Å². The first kappa shape index (κ1) is 36.2. The topological polar surface area (TPSA) is 21.7 Å². The van der Waals surface area contributed by atoms with E-state index < -0.39 is 5.41 Å². The molecule has 1 spiro atoms. The summed E-state index contributed by atoms with van der Waals surface area (Å²) in [6.45, 7) is 9.56. The Hall–Kier alpha value is -7.62. The molecule has 12 rings (SSSR count). The first-order valence-electron chi connectivity index (χ1n) is 21.5.